The van der Waals surface area contributed by atoms with Gasteiger partial charge in [-0.2, -0.15) is 0 Å². The number of hydrogen-bond acceptors (Lipinski definition) is 11. The summed E-state index contributed by atoms with van der Waals surface area (Å²) in [6.45, 7) is 5.62. The second-order valence-corrected chi connectivity index (χ2v) is 18.1. The Hall–Kier alpha value is -4.88. The van der Waals surface area contributed by atoms with Gasteiger partial charge in [0.2, 0.25) is 0 Å². The molecule has 0 aromatic rings. The van der Waals surface area contributed by atoms with Crippen molar-refractivity contribution in [1.29, 1.82) is 0 Å². The molecule has 0 saturated carbocycles. The molecule has 0 bridgehead atoms. The molecule has 0 radical (unpaired) electrons. The van der Waals surface area contributed by atoms with E-state index in [1.54, 1.807) is 0 Å². The molecule has 0 aliphatic carbocycles. The Bertz CT molecular complexity index is 1730. The number of carboxylic acids is 1. The Morgan fingerprint density at radius 1 is 0.466 bits per heavy atom. The van der Waals surface area contributed by atoms with E-state index in [1.165, 1.54) is 44.9 Å². The average molecular weight is 1020 g/mol. The smallest absolute Gasteiger partial charge is 0.335 e. The second kappa shape index (κ2) is 48.1. The standard InChI is InChI=1S/C61H94O12/c1-4-7-10-13-16-19-22-24-25-26-27-28-29-31-33-35-38-41-44-47-53(62)69-50-52(71-54(63)48-45-42-39-36-32-21-18-15-12-9-6-3)51-70-61-59(57(66)56(65)58(73-61)60(67)68)72-55(64)49-46-43-40-37-34-30-23-20-17-14-11-8-5-2/h7-8,10-11,16-17,19-20,24-25,27-28,30-31,33-34,38,40-41,43,52,56-59,61,65-66H,4-6,9,12-15,18,21-23,26,29,32,35-37,39,42,44-51H2,1-3H3,(H,67,68)/b10-7-,11-8-,19-16-,20-17-,25-24-,28-27-,33-31-,34-30-,41-38-,43-40-. The van der Waals surface area contributed by atoms with E-state index < -0.39 is 67.3 Å². The number of allylic oxidation sites excluding steroid dienone is 20. The molecule has 3 N–H and O–H groups in total. The maximum absolute atomic E-state index is 13.1. The SMILES string of the molecule is CC/C=C\C/C=C\C/C=C\C/C=C\C/C=C\C/C=C\CCC(=O)OCC(COC1OC(C(=O)O)C(O)C(O)C1OC(=O)CC/C=C\C/C=C\C/C=C\C/C=C\CC)OC(=O)CCCCCCCCCCCCC. The highest BCUT2D eigenvalue weighted by molar-refractivity contribution is 5.74. The van der Waals surface area contributed by atoms with Gasteiger partial charge in [0.25, 0.3) is 0 Å². The summed E-state index contributed by atoms with van der Waals surface area (Å²) < 4.78 is 28.1. The first-order chi connectivity index (χ1) is 35.6. The first-order valence-electron chi connectivity index (χ1n) is 27.5. The number of hydrogen-bond donors (Lipinski definition) is 3. The number of ether oxygens (including phenoxy) is 5. The normalized spacial score (nSPS) is 19.3. The van der Waals surface area contributed by atoms with Gasteiger partial charge in [0.15, 0.2) is 24.6 Å². The zero-order valence-corrected chi connectivity index (χ0v) is 44.8. The number of aliphatic hydroxyl groups excluding tert-OH is 2. The Kier molecular flexibility index (Phi) is 43.6. The van der Waals surface area contributed by atoms with Crippen LogP contribution in [0.15, 0.2) is 122 Å². The summed E-state index contributed by atoms with van der Waals surface area (Å²) in [6.07, 6.45) is 53.6. The van der Waals surface area contributed by atoms with E-state index in [0.717, 1.165) is 77.0 Å². The first-order valence-corrected chi connectivity index (χ1v) is 27.5. The third-order valence-corrected chi connectivity index (χ3v) is 11.6. The molecular weight excluding hydrogens is 925 g/mol. The van der Waals surface area contributed by atoms with Crippen molar-refractivity contribution in [2.24, 2.45) is 0 Å². The Balaban J connectivity index is 2.79. The van der Waals surface area contributed by atoms with E-state index >= 15 is 0 Å². The number of rotatable bonds is 44. The van der Waals surface area contributed by atoms with Crippen molar-refractivity contribution in [3.05, 3.63) is 122 Å². The van der Waals surface area contributed by atoms with Crippen LogP contribution in [0.4, 0.5) is 0 Å². The lowest BCUT2D eigenvalue weighted by Gasteiger charge is -2.40. The summed E-state index contributed by atoms with van der Waals surface area (Å²) in [7, 11) is 0. The van der Waals surface area contributed by atoms with Gasteiger partial charge in [-0.3, -0.25) is 14.4 Å². The second-order valence-electron chi connectivity index (χ2n) is 18.1. The van der Waals surface area contributed by atoms with Crippen LogP contribution in [0.5, 0.6) is 0 Å². The fourth-order valence-electron chi connectivity index (χ4n) is 7.41. The van der Waals surface area contributed by atoms with Crippen molar-refractivity contribution in [3.63, 3.8) is 0 Å². The quantitative estimate of drug-likeness (QED) is 0.0228. The van der Waals surface area contributed by atoms with Crippen LogP contribution in [0.25, 0.3) is 0 Å². The molecule has 1 saturated heterocycles. The summed E-state index contributed by atoms with van der Waals surface area (Å²) in [5, 5.41) is 31.3. The monoisotopic (exact) mass is 1020 g/mol. The predicted molar refractivity (Wildman–Crippen MR) is 293 cm³/mol. The molecule has 0 aromatic carbocycles. The van der Waals surface area contributed by atoms with Gasteiger partial charge in [0.05, 0.1) is 6.61 Å². The molecule has 12 nitrogen and oxygen atoms in total. The molecule has 0 spiro atoms. The van der Waals surface area contributed by atoms with Crippen LogP contribution in [0.2, 0.25) is 0 Å². The van der Waals surface area contributed by atoms with Crippen molar-refractivity contribution in [3.8, 4) is 0 Å². The third kappa shape index (κ3) is 38.4. The Morgan fingerprint density at radius 2 is 0.863 bits per heavy atom. The van der Waals surface area contributed by atoms with Crippen molar-refractivity contribution in [2.75, 3.05) is 13.2 Å². The Labute approximate surface area is 439 Å². The number of carbonyl (C=O) groups excluding carboxylic acids is 3. The molecular formula is C61H94O12. The molecule has 0 amide bonds. The number of aliphatic carboxylic acids is 1. The zero-order valence-electron chi connectivity index (χ0n) is 44.8. The average Bonchev–Trinajstić information content (AvgIpc) is 3.37. The highest BCUT2D eigenvalue weighted by atomic mass is 16.7. The lowest BCUT2D eigenvalue weighted by atomic mass is 9.98. The van der Waals surface area contributed by atoms with E-state index in [2.05, 4.69) is 112 Å². The van der Waals surface area contributed by atoms with Crippen LogP contribution < -0.4 is 0 Å². The van der Waals surface area contributed by atoms with E-state index in [9.17, 15) is 34.5 Å². The van der Waals surface area contributed by atoms with E-state index in [4.69, 9.17) is 23.7 Å². The summed E-state index contributed by atoms with van der Waals surface area (Å²) in [5.41, 5.74) is 0. The van der Waals surface area contributed by atoms with Crippen molar-refractivity contribution in [1.82, 2.24) is 0 Å². The molecule has 410 valence electrons. The minimum Gasteiger partial charge on any atom is -0.479 e. The number of carbonyl (C=O) groups is 4. The molecule has 1 heterocycles. The van der Waals surface area contributed by atoms with Crippen LogP contribution in [-0.4, -0.2) is 89.2 Å². The lowest BCUT2D eigenvalue weighted by molar-refractivity contribution is -0.301. The van der Waals surface area contributed by atoms with Crippen LogP contribution >= 0.6 is 0 Å². The van der Waals surface area contributed by atoms with Gasteiger partial charge in [0.1, 0.15) is 18.8 Å². The van der Waals surface area contributed by atoms with Crippen LogP contribution in [0, 0.1) is 0 Å². The number of esters is 3. The Morgan fingerprint density at radius 3 is 1.29 bits per heavy atom. The van der Waals surface area contributed by atoms with Gasteiger partial charge in [0, 0.05) is 19.3 Å². The first kappa shape index (κ1) is 66.1. The molecule has 6 atom stereocenters. The fourth-order valence-corrected chi connectivity index (χ4v) is 7.41. The maximum Gasteiger partial charge on any atom is 0.335 e. The van der Waals surface area contributed by atoms with Crippen molar-refractivity contribution >= 4 is 23.9 Å². The highest BCUT2D eigenvalue weighted by Gasteiger charge is 2.50. The van der Waals surface area contributed by atoms with Gasteiger partial charge < -0.3 is 39.0 Å². The van der Waals surface area contributed by atoms with Gasteiger partial charge in [-0.25, -0.2) is 4.79 Å². The van der Waals surface area contributed by atoms with Crippen LogP contribution in [0.3, 0.4) is 0 Å². The number of carboxylic acid groups (broad SMARTS) is 1. The molecule has 6 unspecified atom stereocenters. The van der Waals surface area contributed by atoms with Gasteiger partial charge in [-0.15, -0.1) is 0 Å². The molecule has 73 heavy (non-hydrogen) atoms. The number of aliphatic hydroxyl groups is 2. The highest BCUT2D eigenvalue weighted by Crippen LogP contribution is 2.26. The van der Waals surface area contributed by atoms with Gasteiger partial charge in [-0.05, 0) is 83.5 Å². The van der Waals surface area contributed by atoms with E-state index in [0.29, 0.717) is 25.7 Å². The van der Waals surface area contributed by atoms with Gasteiger partial charge in [-0.1, -0.05) is 206 Å². The van der Waals surface area contributed by atoms with E-state index in [1.807, 2.05) is 30.4 Å². The molecule has 1 aliphatic heterocycles. The summed E-state index contributed by atoms with van der Waals surface area (Å²) >= 11 is 0. The summed E-state index contributed by atoms with van der Waals surface area (Å²) in [4.78, 5) is 50.9. The van der Waals surface area contributed by atoms with Crippen molar-refractivity contribution in [2.45, 2.75) is 225 Å². The van der Waals surface area contributed by atoms with Gasteiger partial charge >= 0.3 is 23.9 Å². The van der Waals surface area contributed by atoms with Crippen LogP contribution in [-0.2, 0) is 42.9 Å². The zero-order chi connectivity index (χ0) is 53.3. The molecule has 0 aromatic heterocycles. The molecule has 12 heteroatoms. The largest absolute Gasteiger partial charge is 0.479 e. The topological polar surface area (TPSA) is 175 Å². The predicted octanol–water partition coefficient (Wildman–Crippen LogP) is 13.7. The maximum atomic E-state index is 13.1. The third-order valence-electron chi connectivity index (χ3n) is 11.6. The molecule has 1 rings (SSSR count). The summed E-state index contributed by atoms with van der Waals surface area (Å²) in [5.74, 6) is -3.36. The molecule has 1 aliphatic rings. The minimum atomic E-state index is -1.94. The van der Waals surface area contributed by atoms with Crippen molar-refractivity contribution < 1.29 is 58.2 Å². The number of unbranched alkanes of at least 4 members (excludes halogenated alkanes) is 10. The minimum absolute atomic E-state index is 0.0730. The van der Waals surface area contributed by atoms with E-state index in [-0.39, 0.29) is 25.9 Å². The lowest BCUT2D eigenvalue weighted by Crippen LogP contribution is -2.61. The molecule has 1 fully saturated rings. The fraction of sp³-hybridized carbons (Fsp3) is 0.607. The van der Waals surface area contributed by atoms with Crippen LogP contribution in [0.1, 0.15) is 188 Å². The summed E-state index contributed by atoms with van der Waals surface area (Å²) in [6, 6.07) is 0.